The van der Waals surface area contributed by atoms with E-state index < -0.39 is 27.9 Å². The van der Waals surface area contributed by atoms with Gasteiger partial charge in [-0.3, -0.25) is 4.79 Å². The van der Waals surface area contributed by atoms with Crippen molar-refractivity contribution in [2.75, 3.05) is 5.32 Å². The average molecular weight is 508 g/mol. The predicted octanol–water partition coefficient (Wildman–Crippen LogP) is 7.45. The van der Waals surface area contributed by atoms with Gasteiger partial charge >= 0.3 is 6.18 Å². The van der Waals surface area contributed by atoms with Crippen LogP contribution in [0.2, 0.25) is 5.02 Å². The van der Waals surface area contributed by atoms with Crippen molar-refractivity contribution >= 4 is 56.5 Å². The van der Waals surface area contributed by atoms with Crippen LogP contribution in [-0.4, -0.2) is 15.9 Å². The highest BCUT2D eigenvalue weighted by atomic mass is 35.5. The number of nitrogens with one attached hydrogen (secondary N) is 1. The second-order valence-corrected chi connectivity index (χ2v) is 9.94. The quantitative estimate of drug-likeness (QED) is 0.225. The van der Waals surface area contributed by atoms with Gasteiger partial charge in [0.15, 0.2) is 0 Å². The molecular weight excluding hydrogens is 491 g/mol. The first-order chi connectivity index (χ1) is 15.6. The van der Waals surface area contributed by atoms with E-state index in [1.54, 1.807) is 35.6 Å². The highest BCUT2D eigenvalue weighted by Gasteiger charge is 2.34. The molecule has 33 heavy (non-hydrogen) atoms. The molecule has 170 valence electrons. The third-order valence-electron chi connectivity index (χ3n) is 5.04. The molecule has 0 saturated carbocycles. The van der Waals surface area contributed by atoms with Gasteiger partial charge in [0.2, 0.25) is 5.91 Å². The minimum atomic E-state index is -4.63. The number of thioether (sulfide) groups is 1. The number of hydrogen-bond acceptors (Lipinski definition) is 5. The summed E-state index contributed by atoms with van der Waals surface area (Å²) in [4.78, 5) is 24.0. The van der Waals surface area contributed by atoms with E-state index in [-0.39, 0.29) is 5.69 Å². The lowest BCUT2D eigenvalue weighted by Crippen LogP contribution is -2.19. The molecule has 1 N–H and O–H groups in total. The summed E-state index contributed by atoms with van der Waals surface area (Å²) in [6.45, 7) is 3.97. The van der Waals surface area contributed by atoms with Crippen LogP contribution in [0.5, 0.6) is 0 Å². The number of thiophene rings is 1. The molecule has 0 aliphatic rings. The topological polar surface area (TPSA) is 54.9 Å². The molecular formula is C23H17ClF3N3OS2. The average Bonchev–Trinajstić information content (AvgIpc) is 3.07. The van der Waals surface area contributed by atoms with Gasteiger partial charge in [0.25, 0.3) is 0 Å². The van der Waals surface area contributed by atoms with Crippen LogP contribution in [0, 0.1) is 13.8 Å². The zero-order chi connectivity index (χ0) is 23.8. The number of halogens is 4. The van der Waals surface area contributed by atoms with Crippen LogP contribution >= 0.6 is 34.7 Å². The van der Waals surface area contributed by atoms with E-state index in [1.807, 2.05) is 19.9 Å². The summed E-state index contributed by atoms with van der Waals surface area (Å²) >= 11 is 8.49. The molecule has 4 aromatic rings. The van der Waals surface area contributed by atoms with Crippen LogP contribution in [0.4, 0.5) is 18.9 Å². The number of hydrogen-bond donors (Lipinski definition) is 1. The molecule has 2 aromatic heterocycles. The van der Waals surface area contributed by atoms with Gasteiger partial charge in [0.1, 0.15) is 21.4 Å². The molecule has 0 radical (unpaired) electrons. The molecule has 4 rings (SSSR count). The number of alkyl halides is 3. The summed E-state index contributed by atoms with van der Waals surface area (Å²) in [6, 6.07) is 12.3. The Labute approximate surface area is 201 Å². The first-order valence-electron chi connectivity index (χ1n) is 9.75. The number of anilines is 1. The second kappa shape index (κ2) is 9.32. The van der Waals surface area contributed by atoms with E-state index in [0.717, 1.165) is 32.8 Å². The highest BCUT2D eigenvalue weighted by Crippen LogP contribution is 2.42. The lowest BCUT2D eigenvalue weighted by Gasteiger charge is -2.18. The van der Waals surface area contributed by atoms with Crippen LogP contribution in [0.1, 0.15) is 26.8 Å². The maximum Gasteiger partial charge on any atom is 0.417 e. The zero-order valence-corrected chi connectivity index (χ0v) is 19.8. The number of fused-ring (bicyclic) bond motifs is 1. The minimum absolute atomic E-state index is 0.00801. The van der Waals surface area contributed by atoms with Crippen LogP contribution in [0.25, 0.3) is 10.2 Å². The van der Waals surface area contributed by atoms with Crippen molar-refractivity contribution in [3.05, 3.63) is 81.4 Å². The fourth-order valence-electron chi connectivity index (χ4n) is 3.28. The van der Waals surface area contributed by atoms with E-state index in [1.165, 1.54) is 24.2 Å². The normalized spacial score (nSPS) is 12.7. The maximum atomic E-state index is 13.3. The van der Waals surface area contributed by atoms with E-state index in [2.05, 4.69) is 15.3 Å². The Bertz CT molecular complexity index is 1330. The number of benzene rings is 2. The van der Waals surface area contributed by atoms with Crippen molar-refractivity contribution in [2.45, 2.75) is 30.3 Å². The number of aromatic nitrogens is 2. The molecule has 0 aliphatic carbocycles. The van der Waals surface area contributed by atoms with E-state index in [4.69, 9.17) is 11.6 Å². The summed E-state index contributed by atoms with van der Waals surface area (Å²) in [7, 11) is 0. The number of amides is 1. The van der Waals surface area contributed by atoms with Gasteiger partial charge in [0, 0.05) is 16.0 Å². The Kier molecular flexibility index (Phi) is 6.65. The fraction of sp³-hybridized carbons (Fsp3) is 0.174. The zero-order valence-electron chi connectivity index (χ0n) is 17.4. The highest BCUT2D eigenvalue weighted by molar-refractivity contribution is 8.00. The molecule has 2 aromatic carbocycles. The molecule has 1 atom stereocenters. The van der Waals surface area contributed by atoms with Crippen LogP contribution in [-0.2, 0) is 11.0 Å². The maximum absolute atomic E-state index is 13.3. The first kappa shape index (κ1) is 23.5. The van der Waals surface area contributed by atoms with Crippen molar-refractivity contribution in [2.24, 2.45) is 0 Å². The van der Waals surface area contributed by atoms with Gasteiger partial charge in [-0.25, -0.2) is 9.97 Å². The lowest BCUT2D eigenvalue weighted by atomic mass is 10.1. The van der Waals surface area contributed by atoms with Crippen LogP contribution in [0.15, 0.2) is 59.9 Å². The minimum Gasteiger partial charge on any atom is -0.325 e. The monoisotopic (exact) mass is 507 g/mol. The van der Waals surface area contributed by atoms with Crippen molar-refractivity contribution in [3.8, 4) is 0 Å². The molecule has 0 bridgehead atoms. The molecule has 0 spiro atoms. The fourth-order valence-corrected chi connectivity index (χ4v) is 5.72. The Morgan fingerprint density at radius 2 is 1.85 bits per heavy atom. The third kappa shape index (κ3) is 5.00. The summed E-state index contributed by atoms with van der Waals surface area (Å²) in [5.41, 5.74) is 0.737. The van der Waals surface area contributed by atoms with Gasteiger partial charge in [-0.1, -0.05) is 53.7 Å². The van der Waals surface area contributed by atoms with Crippen molar-refractivity contribution < 1.29 is 18.0 Å². The Morgan fingerprint density at radius 3 is 2.55 bits per heavy atom. The van der Waals surface area contributed by atoms with Gasteiger partial charge in [-0.05, 0) is 43.2 Å². The third-order valence-corrected chi connectivity index (χ3v) is 7.74. The predicted molar refractivity (Wildman–Crippen MR) is 127 cm³/mol. The Morgan fingerprint density at radius 1 is 1.12 bits per heavy atom. The van der Waals surface area contributed by atoms with E-state index >= 15 is 0 Å². The smallest absolute Gasteiger partial charge is 0.325 e. The first-order valence-corrected chi connectivity index (χ1v) is 11.8. The molecule has 2 heterocycles. The molecule has 0 unspecified atom stereocenters. The van der Waals surface area contributed by atoms with E-state index in [0.29, 0.717) is 10.6 Å². The number of carbonyl (C=O) groups is 1. The van der Waals surface area contributed by atoms with Crippen molar-refractivity contribution in [1.29, 1.82) is 0 Å². The number of nitrogens with zero attached hydrogens (tertiary/aromatic N) is 2. The van der Waals surface area contributed by atoms with Gasteiger partial charge in [-0.15, -0.1) is 11.3 Å². The second-order valence-electron chi connectivity index (χ2n) is 7.23. The van der Waals surface area contributed by atoms with Crippen molar-refractivity contribution in [3.63, 3.8) is 0 Å². The van der Waals surface area contributed by atoms with Crippen molar-refractivity contribution in [1.82, 2.24) is 9.97 Å². The SMILES string of the molecule is Cc1sc2ncnc(S[C@H](C(=O)Nc3ccc(Cl)c(C(F)(F)F)c3)c3ccccc3)c2c1C. The molecule has 4 nitrogen and oxygen atoms in total. The Balaban J connectivity index is 1.70. The molecule has 0 aliphatic heterocycles. The molecule has 0 fully saturated rings. The summed E-state index contributed by atoms with van der Waals surface area (Å²) in [5.74, 6) is -0.474. The number of carbonyl (C=O) groups excluding carboxylic acids is 1. The Hall–Kier alpha value is -2.62. The number of aryl methyl sites for hydroxylation is 2. The van der Waals surface area contributed by atoms with Crippen LogP contribution in [0.3, 0.4) is 0 Å². The van der Waals surface area contributed by atoms with Crippen LogP contribution < -0.4 is 5.32 Å². The summed E-state index contributed by atoms with van der Waals surface area (Å²) in [6.07, 6.45) is -3.18. The molecule has 0 saturated heterocycles. The summed E-state index contributed by atoms with van der Waals surface area (Å²) < 4.78 is 39.8. The van der Waals surface area contributed by atoms with E-state index in [9.17, 15) is 18.0 Å². The van der Waals surface area contributed by atoms with Gasteiger partial charge in [0.05, 0.1) is 10.6 Å². The molecule has 1 amide bonds. The van der Waals surface area contributed by atoms with Gasteiger partial charge < -0.3 is 5.32 Å². The van der Waals surface area contributed by atoms with Gasteiger partial charge in [-0.2, -0.15) is 13.2 Å². The number of rotatable bonds is 5. The summed E-state index contributed by atoms with van der Waals surface area (Å²) in [5, 5.41) is 2.94. The molecule has 10 heteroatoms. The lowest BCUT2D eigenvalue weighted by molar-refractivity contribution is -0.137. The standard InChI is InChI=1S/C23H17ClF3N3OS2/c1-12-13(2)32-21-18(12)22(29-11-28-21)33-19(14-6-4-3-5-7-14)20(31)30-15-8-9-17(24)16(10-15)23(25,26)27/h3-11,19H,1-2H3,(H,30,31)/t19-/m0/s1. The largest absolute Gasteiger partial charge is 0.417 e.